The molecule has 0 radical (unpaired) electrons. The lowest BCUT2D eigenvalue weighted by atomic mass is 9.97. The quantitative estimate of drug-likeness (QED) is 0.603. The minimum absolute atomic E-state index is 0.115. The zero-order valence-electron chi connectivity index (χ0n) is 15.7. The molecule has 1 saturated heterocycles. The number of anilines is 1. The minimum Gasteiger partial charge on any atom is -0.493 e. The van der Waals surface area contributed by atoms with Crippen LogP contribution >= 0.6 is 0 Å². The van der Waals surface area contributed by atoms with Crippen molar-refractivity contribution in [2.75, 3.05) is 11.9 Å². The van der Waals surface area contributed by atoms with E-state index in [1.807, 2.05) is 0 Å². The van der Waals surface area contributed by atoms with Crippen LogP contribution in [0.15, 0.2) is 24.3 Å². The van der Waals surface area contributed by atoms with E-state index in [4.69, 9.17) is 10.5 Å². The van der Waals surface area contributed by atoms with E-state index in [9.17, 15) is 19.2 Å². The zero-order valence-corrected chi connectivity index (χ0v) is 15.7. The van der Waals surface area contributed by atoms with E-state index >= 15 is 0 Å². The van der Waals surface area contributed by atoms with Gasteiger partial charge < -0.3 is 21.1 Å². The van der Waals surface area contributed by atoms with Gasteiger partial charge in [-0.2, -0.15) is 0 Å². The van der Waals surface area contributed by atoms with Crippen LogP contribution in [0.3, 0.4) is 0 Å². The van der Waals surface area contributed by atoms with Crippen LogP contribution in [0.25, 0.3) is 0 Å². The van der Waals surface area contributed by atoms with Crippen LogP contribution in [0, 0.1) is 0 Å². The van der Waals surface area contributed by atoms with Crippen LogP contribution in [0.2, 0.25) is 0 Å². The van der Waals surface area contributed by atoms with Gasteiger partial charge in [0.15, 0.2) is 0 Å². The molecule has 1 saturated carbocycles. The Bertz CT molecular complexity index is 786. The van der Waals surface area contributed by atoms with Crippen LogP contribution in [-0.4, -0.2) is 46.8 Å². The Morgan fingerprint density at radius 2 is 1.89 bits per heavy atom. The fourth-order valence-electron chi connectivity index (χ4n) is 3.58. The lowest BCUT2D eigenvalue weighted by Crippen LogP contribution is -2.48. The van der Waals surface area contributed by atoms with Gasteiger partial charge in [0.1, 0.15) is 17.3 Å². The lowest BCUT2D eigenvalue weighted by Gasteiger charge is -2.23. The summed E-state index contributed by atoms with van der Waals surface area (Å²) in [6.07, 6.45) is 3.10. The molecule has 5 amide bonds. The van der Waals surface area contributed by atoms with Crippen molar-refractivity contribution in [2.24, 2.45) is 5.73 Å². The predicted octanol–water partition coefficient (Wildman–Crippen LogP) is 1.13. The average molecular weight is 388 g/mol. The highest BCUT2D eigenvalue weighted by atomic mass is 16.5. The van der Waals surface area contributed by atoms with Crippen molar-refractivity contribution in [3.8, 4) is 5.75 Å². The third-order valence-corrected chi connectivity index (χ3v) is 5.16. The number of carbonyl (C=O) groups is 4. The molecule has 4 N–H and O–H groups in total. The molecule has 0 bridgehead atoms. The summed E-state index contributed by atoms with van der Waals surface area (Å²) in [5, 5.41) is 5.47. The summed E-state index contributed by atoms with van der Waals surface area (Å²) < 4.78 is 5.37. The average Bonchev–Trinajstić information content (AvgIpc) is 3.21. The molecule has 1 atom stereocenters. The van der Waals surface area contributed by atoms with Crippen molar-refractivity contribution in [2.45, 2.75) is 50.6 Å². The Morgan fingerprint density at radius 3 is 2.50 bits per heavy atom. The first kappa shape index (κ1) is 19.7. The Balaban J connectivity index is 1.59. The molecule has 1 heterocycles. The van der Waals surface area contributed by atoms with Gasteiger partial charge in [0.25, 0.3) is 5.91 Å². The number of amides is 5. The Labute approximate surface area is 162 Å². The molecule has 2 fully saturated rings. The van der Waals surface area contributed by atoms with Crippen molar-refractivity contribution in [3.05, 3.63) is 24.3 Å². The Kier molecular flexibility index (Phi) is 5.53. The number of nitrogens with zero attached hydrogens (tertiary/aromatic N) is 1. The van der Waals surface area contributed by atoms with E-state index in [0.29, 0.717) is 24.3 Å². The number of hydrogen-bond acceptors (Lipinski definition) is 5. The Morgan fingerprint density at radius 1 is 1.25 bits per heavy atom. The Hall–Kier alpha value is -3.10. The lowest BCUT2D eigenvalue weighted by molar-refractivity contribution is -0.136. The normalized spacial score (nSPS) is 18.8. The van der Waals surface area contributed by atoms with Crippen LogP contribution in [0.1, 0.15) is 39.0 Å². The maximum Gasteiger partial charge on any atom is 0.325 e. The highest BCUT2D eigenvalue weighted by Gasteiger charge is 2.54. The van der Waals surface area contributed by atoms with Crippen molar-refractivity contribution >= 4 is 29.4 Å². The molecule has 1 aliphatic carbocycles. The molecule has 1 aromatic carbocycles. The van der Waals surface area contributed by atoms with Crippen molar-refractivity contribution in [1.29, 1.82) is 0 Å². The monoisotopic (exact) mass is 388 g/mol. The van der Waals surface area contributed by atoms with Gasteiger partial charge in [0.2, 0.25) is 11.8 Å². The molecule has 9 heteroatoms. The number of carbonyl (C=O) groups excluding carboxylic acids is 4. The van der Waals surface area contributed by atoms with Gasteiger partial charge in [-0.05, 0) is 44.0 Å². The van der Waals surface area contributed by atoms with Crippen molar-refractivity contribution in [3.63, 3.8) is 0 Å². The number of benzene rings is 1. The molecule has 3 rings (SSSR count). The third kappa shape index (κ3) is 3.92. The topological polar surface area (TPSA) is 131 Å². The molecular formula is C19H24N4O5. The van der Waals surface area contributed by atoms with Gasteiger partial charge in [-0.25, -0.2) is 9.69 Å². The molecule has 1 unspecified atom stereocenters. The van der Waals surface area contributed by atoms with E-state index in [1.165, 1.54) is 6.92 Å². The second-order valence-corrected chi connectivity index (χ2v) is 7.15. The second-order valence-electron chi connectivity index (χ2n) is 7.15. The maximum atomic E-state index is 12.7. The number of primary amides is 1. The number of nitrogens with two attached hydrogens (primary N) is 1. The minimum atomic E-state index is -0.932. The summed E-state index contributed by atoms with van der Waals surface area (Å²) in [5.41, 5.74) is 4.71. The summed E-state index contributed by atoms with van der Waals surface area (Å²) in [4.78, 5) is 49.3. The van der Waals surface area contributed by atoms with E-state index < -0.39 is 29.4 Å². The molecule has 28 heavy (non-hydrogen) atoms. The van der Waals surface area contributed by atoms with Gasteiger partial charge in [-0.1, -0.05) is 12.8 Å². The van der Waals surface area contributed by atoms with E-state index in [0.717, 1.165) is 17.7 Å². The number of ether oxygens (including phenoxy) is 1. The number of hydrogen-bond donors (Lipinski definition) is 3. The standard InChI is InChI=1S/C19H24N4O5/c1-12(23-17(26)19(22-18(23)27)9-2-3-10-19)16(25)21-13-4-6-14(7-5-13)28-11-8-15(20)24/h4-7,12H,2-3,8-11H2,1H3,(H2,20,24)(H,21,25)(H,22,27). The summed E-state index contributed by atoms with van der Waals surface area (Å²) >= 11 is 0. The first-order valence-corrected chi connectivity index (χ1v) is 9.30. The van der Waals surface area contributed by atoms with E-state index in [-0.39, 0.29) is 18.9 Å². The molecule has 2 aliphatic rings. The molecule has 1 aromatic rings. The SMILES string of the molecule is CC(C(=O)Nc1ccc(OCCC(N)=O)cc1)N1C(=O)NC2(CCCC2)C1=O. The van der Waals surface area contributed by atoms with Gasteiger partial charge in [-0.15, -0.1) is 0 Å². The predicted molar refractivity (Wildman–Crippen MR) is 100 cm³/mol. The number of imide groups is 1. The molecular weight excluding hydrogens is 364 g/mol. The summed E-state index contributed by atoms with van der Waals surface area (Å²) in [6, 6.07) is 5.10. The molecule has 150 valence electrons. The van der Waals surface area contributed by atoms with Crippen LogP contribution in [0.4, 0.5) is 10.5 Å². The van der Waals surface area contributed by atoms with Crippen LogP contribution < -0.4 is 21.1 Å². The van der Waals surface area contributed by atoms with Crippen LogP contribution in [0.5, 0.6) is 5.75 Å². The fourth-order valence-corrected chi connectivity index (χ4v) is 3.58. The number of nitrogens with one attached hydrogen (secondary N) is 2. The summed E-state index contributed by atoms with van der Waals surface area (Å²) in [7, 11) is 0. The smallest absolute Gasteiger partial charge is 0.325 e. The van der Waals surface area contributed by atoms with Crippen LogP contribution in [-0.2, 0) is 14.4 Å². The molecule has 0 aromatic heterocycles. The first-order chi connectivity index (χ1) is 13.3. The summed E-state index contributed by atoms with van der Waals surface area (Å²) in [5.74, 6) is -0.695. The highest BCUT2D eigenvalue weighted by molar-refractivity contribution is 6.11. The maximum absolute atomic E-state index is 12.7. The first-order valence-electron chi connectivity index (χ1n) is 9.30. The highest BCUT2D eigenvalue weighted by Crippen LogP contribution is 2.35. The van der Waals surface area contributed by atoms with Gasteiger partial charge >= 0.3 is 6.03 Å². The number of urea groups is 1. The van der Waals surface area contributed by atoms with E-state index in [2.05, 4.69) is 10.6 Å². The largest absolute Gasteiger partial charge is 0.493 e. The fraction of sp³-hybridized carbons (Fsp3) is 0.474. The molecule has 1 spiro atoms. The van der Waals surface area contributed by atoms with Gasteiger partial charge in [-0.3, -0.25) is 14.4 Å². The van der Waals surface area contributed by atoms with Gasteiger partial charge in [0, 0.05) is 5.69 Å². The van der Waals surface area contributed by atoms with Gasteiger partial charge in [0.05, 0.1) is 13.0 Å². The van der Waals surface area contributed by atoms with Crippen molar-refractivity contribution in [1.82, 2.24) is 10.2 Å². The third-order valence-electron chi connectivity index (χ3n) is 5.16. The number of rotatable bonds is 7. The molecule has 1 aliphatic heterocycles. The molecule has 9 nitrogen and oxygen atoms in total. The van der Waals surface area contributed by atoms with Crippen molar-refractivity contribution < 1.29 is 23.9 Å². The van der Waals surface area contributed by atoms with E-state index in [1.54, 1.807) is 24.3 Å². The summed E-state index contributed by atoms with van der Waals surface area (Å²) in [6.45, 7) is 1.70. The zero-order chi connectivity index (χ0) is 20.3. The second kappa shape index (κ2) is 7.87.